The fourth-order valence-electron chi connectivity index (χ4n) is 1.90. The van der Waals surface area contributed by atoms with Crippen molar-refractivity contribution in [2.24, 2.45) is 0 Å². The largest absolute Gasteiger partial charge is 0.465 e. The lowest BCUT2D eigenvalue weighted by atomic mass is 10.2. The summed E-state index contributed by atoms with van der Waals surface area (Å²) in [6.07, 6.45) is 1.68. The second-order valence-corrected chi connectivity index (χ2v) is 5.19. The molecule has 0 aliphatic carbocycles. The van der Waals surface area contributed by atoms with Crippen LogP contribution in [0.4, 0.5) is 17.5 Å². The molecule has 0 aliphatic rings. The van der Waals surface area contributed by atoms with Crippen LogP contribution in [0.15, 0.2) is 36.5 Å². The predicted octanol–water partition coefficient (Wildman–Crippen LogP) is 1.98. The molecule has 0 aliphatic heterocycles. The van der Waals surface area contributed by atoms with Crippen LogP contribution in [0.3, 0.4) is 0 Å². The van der Waals surface area contributed by atoms with Gasteiger partial charge in [0.1, 0.15) is 5.82 Å². The highest BCUT2D eigenvalue weighted by atomic mass is 16.5. The van der Waals surface area contributed by atoms with Crippen LogP contribution < -0.4 is 10.6 Å². The van der Waals surface area contributed by atoms with E-state index in [2.05, 4.69) is 25.5 Å². The molecule has 2 N–H and O–H groups in total. The van der Waals surface area contributed by atoms with E-state index in [0.717, 1.165) is 24.6 Å². The minimum atomic E-state index is -0.381. The molecule has 0 fully saturated rings. The predicted molar refractivity (Wildman–Crippen MR) is 90.1 cm³/mol. The lowest BCUT2D eigenvalue weighted by Gasteiger charge is -2.11. The molecule has 0 saturated carbocycles. The summed E-state index contributed by atoms with van der Waals surface area (Å²) in [6, 6.07) is 8.81. The van der Waals surface area contributed by atoms with Gasteiger partial charge in [0.25, 0.3) is 0 Å². The first-order valence-corrected chi connectivity index (χ1v) is 7.25. The van der Waals surface area contributed by atoms with Crippen LogP contribution in [-0.4, -0.2) is 55.1 Å². The second-order valence-electron chi connectivity index (χ2n) is 5.19. The van der Waals surface area contributed by atoms with Gasteiger partial charge >= 0.3 is 5.97 Å². The highest BCUT2D eigenvalue weighted by molar-refractivity contribution is 5.90. The Morgan fingerprint density at radius 3 is 2.87 bits per heavy atom. The molecule has 2 rings (SSSR count). The van der Waals surface area contributed by atoms with Crippen LogP contribution in [0.1, 0.15) is 10.4 Å². The number of benzene rings is 1. The average Bonchev–Trinajstić information content (AvgIpc) is 2.54. The first-order valence-electron chi connectivity index (χ1n) is 7.25. The molecule has 7 nitrogen and oxygen atoms in total. The number of nitrogens with zero attached hydrogens (tertiary/aromatic N) is 3. The maximum Gasteiger partial charge on any atom is 0.337 e. The van der Waals surface area contributed by atoms with Crippen molar-refractivity contribution >= 4 is 23.4 Å². The molecule has 1 heterocycles. The van der Waals surface area contributed by atoms with Crippen molar-refractivity contribution in [2.45, 2.75) is 0 Å². The number of hydrogen-bond donors (Lipinski definition) is 2. The highest BCUT2D eigenvalue weighted by Gasteiger charge is 2.06. The summed E-state index contributed by atoms with van der Waals surface area (Å²) in [4.78, 5) is 22.2. The van der Waals surface area contributed by atoms with Gasteiger partial charge in [0, 0.05) is 25.0 Å². The monoisotopic (exact) mass is 315 g/mol. The number of rotatable bonds is 7. The van der Waals surface area contributed by atoms with Crippen LogP contribution in [-0.2, 0) is 4.74 Å². The van der Waals surface area contributed by atoms with Crippen LogP contribution in [0.25, 0.3) is 0 Å². The Balaban J connectivity index is 2.04. The molecule has 0 unspecified atom stereocenters. The Kier molecular flexibility index (Phi) is 5.87. The summed E-state index contributed by atoms with van der Waals surface area (Å²) in [6.45, 7) is 1.70. The Bertz CT molecular complexity index is 660. The number of hydrogen-bond acceptors (Lipinski definition) is 7. The SMILES string of the molecule is COC(=O)c1cccc(Nc2nccc(NCCN(C)C)n2)c1. The topological polar surface area (TPSA) is 79.4 Å². The Labute approximate surface area is 135 Å². The maximum absolute atomic E-state index is 11.6. The molecule has 0 saturated heterocycles. The van der Waals surface area contributed by atoms with Crippen LogP contribution >= 0.6 is 0 Å². The maximum atomic E-state index is 11.6. The van der Waals surface area contributed by atoms with Gasteiger partial charge in [-0.3, -0.25) is 0 Å². The van der Waals surface area contributed by atoms with Gasteiger partial charge in [0.2, 0.25) is 5.95 Å². The minimum Gasteiger partial charge on any atom is -0.465 e. The number of anilines is 3. The summed E-state index contributed by atoms with van der Waals surface area (Å²) in [5.74, 6) is 0.823. The molecule has 0 amide bonds. The van der Waals surface area contributed by atoms with E-state index in [1.54, 1.807) is 24.4 Å². The van der Waals surface area contributed by atoms with Crippen LogP contribution in [0.5, 0.6) is 0 Å². The van der Waals surface area contributed by atoms with Gasteiger partial charge in [-0.1, -0.05) is 6.07 Å². The molecule has 0 radical (unpaired) electrons. The summed E-state index contributed by atoms with van der Waals surface area (Å²) in [5, 5.41) is 6.32. The Morgan fingerprint density at radius 2 is 2.13 bits per heavy atom. The number of carbonyl (C=O) groups excluding carboxylic acids is 1. The van der Waals surface area contributed by atoms with Gasteiger partial charge in [-0.15, -0.1) is 0 Å². The number of methoxy groups -OCH3 is 1. The van der Waals surface area contributed by atoms with E-state index in [9.17, 15) is 4.79 Å². The number of esters is 1. The lowest BCUT2D eigenvalue weighted by molar-refractivity contribution is 0.0601. The zero-order valence-electron chi connectivity index (χ0n) is 13.5. The van der Waals surface area contributed by atoms with Crippen LogP contribution in [0.2, 0.25) is 0 Å². The zero-order chi connectivity index (χ0) is 16.7. The van der Waals surface area contributed by atoms with Crippen molar-refractivity contribution in [1.29, 1.82) is 0 Å². The van der Waals surface area contributed by atoms with E-state index < -0.39 is 0 Å². The fraction of sp³-hybridized carbons (Fsp3) is 0.312. The third-order valence-electron chi connectivity index (χ3n) is 3.06. The van der Waals surface area contributed by atoms with E-state index in [4.69, 9.17) is 4.74 Å². The summed E-state index contributed by atoms with van der Waals surface area (Å²) in [5.41, 5.74) is 1.19. The van der Waals surface area contributed by atoms with Gasteiger partial charge in [0.15, 0.2) is 0 Å². The quantitative estimate of drug-likeness (QED) is 0.756. The van der Waals surface area contributed by atoms with Gasteiger partial charge in [0.05, 0.1) is 12.7 Å². The first-order chi connectivity index (χ1) is 11.1. The Hall–Kier alpha value is -2.67. The molecule has 0 spiro atoms. The van der Waals surface area contributed by atoms with E-state index >= 15 is 0 Å². The van der Waals surface area contributed by atoms with Crippen molar-refractivity contribution in [1.82, 2.24) is 14.9 Å². The summed E-state index contributed by atoms with van der Waals surface area (Å²) >= 11 is 0. The average molecular weight is 315 g/mol. The van der Waals surface area contributed by atoms with Gasteiger partial charge in [-0.25, -0.2) is 9.78 Å². The number of ether oxygens (including phenoxy) is 1. The van der Waals surface area contributed by atoms with Gasteiger partial charge in [-0.2, -0.15) is 4.98 Å². The van der Waals surface area contributed by atoms with Gasteiger partial charge in [-0.05, 0) is 38.4 Å². The first kappa shape index (κ1) is 16.7. The van der Waals surface area contributed by atoms with Crippen molar-refractivity contribution in [2.75, 3.05) is 44.9 Å². The fourth-order valence-corrected chi connectivity index (χ4v) is 1.90. The lowest BCUT2D eigenvalue weighted by Crippen LogP contribution is -2.21. The van der Waals surface area contributed by atoms with Gasteiger partial charge < -0.3 is 20.3 Å². The van der Waals surface area contributed by atoms with Crippen molar-refractivity contribution in [3.8, 4) is 0 Å². The smallest absolute Gasteiger partial charge is 0.337 e. The third-order valence-corrected chi connectivity index (χ3v) is 3.06. The number of carbonyl (C=O) groups is 1. The molecule has 7 heteroatoms. The molecular formula is C16H21N5O2. The van der Waals surface area contributed by atoms with Crippen molar-refractivity contribution < 1.29 is 9.53 Å². The van der Waals surface area contributed by atoms with E-state index in [1.165, 1.54) is 7.11 Å². The molecule has 23 heavy (non-hydrogen) atoms. The van der Waals surface area contributed by atoms with Crippen LogP contribution in [0, 0.1) is 0 Å². The molecule has 2 aromatic rings. The molecular weight excluding hydrogens is 294 g/mol. The normalized spacial score (nSPS) is 10.4. The Morgan fingerprint density at radius 1 is 1.30 bits per heavy atom. The molecule has 0 atom stereocenters. The highest BCUT2D eigenvalue weighted by Crippen LogP contribution is 2.16. The van der Waals surface area contributed by atoms with Crippen molar-refractivity contribution in [3.63, 3.8) is 0 Å². The molecule has 0 bridgehead atoms. The third kappa shape index (κ3) is 5.23. The number of likely N-dealkylation sites (N-methyl/N-ethyl adjacent to an activating group) is 1. The van der Waals surface area contributed by atoms with E-state index in [1.807, 2.05) is 26.2 Å². The summed E-state index contributed by atoms with van der Waals surface area (Å²) < 4.78 is 4.71. The number of nitrogens with one attached hydrogen (secondary N) is 2. The minimum absolute atomic E-state index is 0.381. The molecule has 1 aromatic heterocycles. The molecule has 122 valence electrons. The van der Waals surface area contributed by atoms with E-state index in [-0.39, 0.29) is 5.97 Å². The second kappa shape index (κ2) is 8.09. The standard InChI is InChI=1S/C16H21N5O2/c1-21(2)10-9-17-14-7-8-18-16(20-14)19-13-6-4-5-12(11-13)15(22)23-3/h4-8,11H,9-10H2,1-3H3,(H2,17,18,19,20). The zero-order valence-corrected chi connectivity index (χ0v) is 13.5. The van der Waals surface area contributed by atoms with Crippen molar-refractivity contribution in [3.05, 3.63) is 42.1 Å². The molecule has 1 aromatic carbocycles. The number of aromatic nitrogens is 2. The van der Waals surface area contributed by atoms with E-state index in [0.29, 0.717) is 11.5 Å². The summed E-state index contributed by atoms with van der Waals surface area (Å²) in [7, 11) is 5.39.